The van der Waals surface area contributed by atoms with E-state index in [0.29, 0.717) is 13.1 Å². The van der Waals surface area contributed by atoms with Crippen LogP contribution in [-0.4, -0.2) is 35.1 Å². The number of aliphatic hydroxyl groups is 1. The number of hydrogen-bond acceptors (Lipinski definition) is 4. The van der Waals surface area contributed by atoms with Crippen molar-refractivity contribution in [2.75, 3.05) is 13.2 Å². The maximum absolute atomic E-state index is 11.6. The first-order valence-electron chi connectivity index (χ1n) is 6.49. The quantitative estimate of drug-likeness (QED) is 0.381. The van der Waals surface area contributed by atoms with Crippen LogP contribution in [0, 0.1) is 5.92 Å². The standard InChI is InChI=1S/C14H23N3O2/c1-11(14(19)16-15)12(2)17(8-9-18)10-13-6-4-3-5-7-13/h3-7,11-12,18H,8-10,15H2,1-2H3,(H,16,19). The highest BCUT2D eigenvalue weighted by atomic mass is 16.3. The molecule has 106 valence electrons. The van der Waals surface area contributed by atoms with Gasteiger partial charge in [0.05, 0.1) is 12.5 Å². The van der Waals surface area contributed by atoms with E-state index >= 15 is 0 Å². The first-order valence-corrected chi connectivity index (χ1v) is 6.49. The van der Waals surface area contributed by atoms with Gasteiger partial charge in [0.15, 0.2) is 0 Å². The van der Waals surface area contributed by atoms with Crippen molar-refractivity contribution >= 4 is 5.91 Å². The molecule has 0 aliphatic carbocycles. The van der Waals surface area contributed by atoms with Gasteiger partial charge in [-0.15, -0.1) is 0 Å². The zero-order valence-corrected chi connectivity index (χ0v) is 11.5. The number of nitrogens with two attached hydrogens (primary N) is 1. The molecule has 0 aromatic heterocycles. The van der Waals surface area contributed by atoms with Crippen molar-refractivity contribution in [3.63, 3.8) is 0 Å². The topological polar surface area (TPSA) is 78.6 Å². The van der Waals surface area contributed by atoms with Gasteiger partial charge in [-0.2, -0.15) is 0 Å². The summed E-state index contributed by atoms with van der Waals surface area (Å²) in [5.74, 6) is 4.74. The molecule has 19 heavy (non-hydrogen) atoms. The lowest BCUT2D eigenvalue weighted by atomic mass is 10.0. The Morgan fingerprint density at radius 2 is 2.00 bits per heavy atom. The summed E-state index contributed by atoms with van der Waals surface area (Å²) in [5, 5.41) is 9.17. The van der Waals surface area contributed by atoms with Gasteiger partial charge in [-0.25, -0.2) is 5.84 Å². The first-order chi connectivity index (χ1) is 9.10. The summed E-state index contributed by atoms with van der Waals surface area (Å²) in [6, 6.07) is 9.99. The Kier molecular flexibility index (Phi) is 6.49. The van der Waals surface area contributed by atoms with E-state index in [2.05, 4.69) is 10.3 Å². The number of carbonyl (C=O) groups excluding carboxylic acids is 1. The molecule has 1 amide bonds. The molecule has 0 saturated heterocycles. The molecule has 0 bridgehead atoms. The molecule has 2 atom stereocenters. The van der Waals surface area contributed by atoms with Gasteiger partial charge in [-0.1, -0.05) is 37.3 Å². The normalized spacial score (nSPS) is 14.2. The molecule has 0 aliphatic heterocycles. The van der Waals surface area contributed by atoms with E-state index in [1.165, 1.54) is 0 Å². The Morgan fingerprint density at radius 1 is 1.37 bits per heavy atom. The average Bonchev–Trinajstić information content (AvgIpc) is 2.45. The highest BCUT2D eigenvalue weighted by Crippen LogP contribution is 2.14. The SMILES string of the molecule is CC(C(=O)NN)C(C)N(CCO)Cc1ccccc1. The summed E-state index contributed by atoms with van der Waals surface area (Å²) in [6.45, 7) is 5.10. The molecule has 0 radical (unpaired) electrons. The fraction of sp³-hybridized carbons (Fsp3) is 0.500. The molecule has 1 aromatic carbocycles. The number of hydrazine groups is 1. The fourth-order valence-electron chi connectivity index (χ4n) is 2.04. The number of hydrogen-bond donors (Lipinski definition) is 3. The summed E-state index contributed by atoms with van der Waals surface area (Å²) in [7, 11) is 0. The predicted octanol–water partition coefficient (Wildman–Crippen LogP) is 0.495. The Labute approximate surface area is 114 Å². The minimum Gasteiger partial charge on any atom is -0.395 e. The maximum Gasteiger partial charge on any atom is 0.238 e. The smallest absolute Gasteiger partial charge is 0.238 e. The molecule has 0 aliphatic rings. The van der Waals surface area contributed by atoms with Gasteiger partial charge in [0.25, 0.3) is 0 Å². The van der Waals surface area contributed by atoms with E-state index in [4.69, 9.17) is 5.84 Å². The second-order valence-corrected chi connectivity index (χ2v) is 4.72. The van der Waals surface area contributed by atoms with Gasteiger partial charge >= 0.3 is 0 Å². The molecule has 0 spiro atoms. The van der Waals surface area contributed by atoms with Crippen molar-refractivity contribution in [2.24, 2.45) is 11.8 Å². The maximum atomic E-state index is 11.6. The van der Waals surface area contributed by atoms with Crippen molar-refractivity contribution in [1.29, 1.82) is 0 Å². The molecule has 5 heteroatoms. The Hall–Kier alpha value is -1.43. The molecule has 0 fully saturated rings. The summed E-state index contributed by atoms with van der Waals surface area (Å²) in [5.41, 5.74) is 3.33. The van der Waals surface area contributed by atoms with Crippen LogP contribution < -0.4 is 11.3 Å². The van der Waals surface area contributed by atoms with Crippen LogP contribution in [0.5, 0.6) is 0 Å². The van der Waals surface area contributed by atoms with Crippen LogP contribution in [0.1, 0.15) is 19.4 Å². The van der Waals surface area contributed by atoms with E-state index in [0.717, 1.165) is 5.56 Å². The van der Waals surface area contributed by atoms with Crippen LogP contribution in [0.15, 0.2) is 30.3 Å². The first kappa shape index (κ1) is 15.6. The molecule has 5 nitrogen and oxygen atoms in total. The van der Waals surface area contributed by atoms with Crippen LogP contribution in [0.4, 0.5) is 0 Å². The van der Waals surface area contributed by atoms with Gasteiger partial charge in [-0.3, -0.25) is 15.1 Å². The van der Waals surface area contributed by atoms with Gasteiger partial charge in [0.2, 0.25) is 5.91 Å². The summed E-state index contributed by atoms with van der Waals surface area (Å²) < 4.78 is 0. The number of nitrogens with zero attached hydrogens (tertiary/aromatic N) is 1. The number of aliphatic hydroxyl groups excluding tert-OH is 1. The van der Waals surface area contributed by atoms with Crippen molar-refractivity contribution in [3.05, 3.63) is 35.9 Å². The Morgan fingerprint density at radius 3 is 2.53 bits per heavy atom. The third-order valence-electron chi connectivity index (χ3n) is 3.47. The van der Waals surface area contributed by atoms with Crippen LogP contribution in [0.2, 0.25) is 0 Å². The minimum absolute atomic E-state index is 0.00379. The third-order valence-corrected chi connectivity index (χ3v) is 3.47. The molecule has 2 unspecified atom stereocenters. The van der Waals surface area contributed by atoms with Gasteiger partial charge in [0.1, 0.15) is 0 Å². The molecule has 1 rings (SSSR count). The Balaban J connectivity index is 2.73. The largest absolute Gasteiger partial charge is 0.395 e. The number of nitrogens with one attached hydrogen (secondary N) is 1. The lowest BCUT2D eigenvalue weighted by molar-refractivity contribution is -0.126. The fourth-order valence-corrected chi connectivity index (χ4v) is 2.04. The van der Waals surface area contributed by atoms with E-state index in [1.54, 1.807) is 0 Å². The van der Waals surface area contributed by atoms with Crippen LogP contribution >= 0.6 is 0 Å². The average molecular weight is 265 g/mol. The van der Waals surface area contributed by atoms with Crippen LogP contribution in [0.3, 0.4) is 0 Å². The highest BCUT2D eigenvalue weighted by Gasteiger charge is 2.24. The number of amides is 1. The number of rotatable bonds is 7. The lowest BCUT2D eigenvalue weighted by Gasteiger charge is -2.31. The summed E-state index contributed by atoms with van der Waals surface area (Å²) >= 11 is 0. The lowest BCUT2D eigenvalue weighted by Crippen LogP contribution is -2.46. The van der Waals surface area contributed by atoms with Gasteiger partial charge in [0, 0.05) is 19.1 Å². The summed E-state index contributed by atoms with van der Waals surface area (Å²) in [6.07, 6.45) is 0. The van der Waals surface area contributed by atoms with Gasteiger partial charge < -0.3 is 5.11 Å². The van der Waals surface area contributed by atoms with Crippen LogP contribution in [0.25, 0.3) is 0 Å². The van der Waals surface area contributed by atoms with Crippen molar-refractivity contribution in [1.82, 2.24) is 10.3 Å². The third kappa shape index (κ3) is 4.63. The summed E-state index contributed by atoms with van der Waals surface area (Å²) in [4.78, 5) is 13.7. The van der Waals surface area contributed by atoms with Crippen molar-refractivity contribution < 1.29 is 9.90 Å². The minimum atomic E-state index is -0.236. The van der Waals surface area contributed by atoms with E-state index in [1.807, 2.05) is 44.2 Å². The van der Waals surface area contributed by atoms with Gasteiger partial charge in [-0.05, 0) is 12.5 Å². The number of benzene rings is 1. The van der Waals surface area contributed by atoms with E-state index in [-0.39, 0.29) is 24.5 Å². The number of carbonyl (C=O) groups is 1. The highest BCUT2D eigenvalue weighted by molar-refractivity contribution is 5.78. The molecule has 1 aromatic rings. The van der Waals surface area contributed by atoms with E-state index < -0.39 is 0 Å². The molecular formula is C14H23N3O2. The zero-order valence-electron chi connectivity index (χ0n) is 11.5. The molecule has 0 heterocycles. The monoisotopic (exact) mass is 265 g/mol. The Bertz CT molecular complexity index is 384. The predicted molar refractivity (Wildman–Crippen MR) is 74.9 cm³/mol. The van der Waals surface area contributed by atoms with Crippen LogP contribution in [-0.2, 0) is 11.3 Å². The zero-order chi connectivity index (χ0) is 14.3. The second-order valence-electron chi connectivity index (χ2n) is 4.72. The molecule has 0 saturated carbocycles. The molecular weight excluding hydrogens is 242 g/mol. The van der Waals surface area contributed by atoms with Crippen molar-refractivity contribution in [3.8, 4) is 0 Å². The van der Waals surface area contributed by atoms with Crippen molar-refractivity contribution in [2.45, 2.75) is 26.4 Å². The second kappa shape index (κ2) is 7.89. The van der Waals surface area contributed by atoms with E-state index in [9.17, 15) is 9.90 Å². The molecule has 4 N–H and O–H groups in total.